The average molecular weight is 336 g/mol. The van der Waals surface area contributed by atoms with Crippen LogP contribution in [0.15, 0.2) is 60.7 Å². The summed E-state index contributed by atoms with van der Waals surface area (Å²) in [6.07, 6.45) is 0. The molecule has 0 aliphatic carbocycles. The van der Waals surface area contributed by atoms with Gasteiger partial charge in [0.15, 0.2) is 12.4 Å². The molecule has 0 heterocycles. The lowest BCUT2D eigenvalue weighted by Crippen LogP contribution is -2.14. The number of ether oxygens (including phenoxy) is 2. The number of ketones is 1. The Morgan fingerprint density at radius 3 is 2.40 bits per heavy atom. The third kappa shape index (κ3) is 3.61. The van der Waals surface area contributed by atoms with E-state index in [1.165, 1.54) is 13.2 Å². The maximum absolute atomic E-state index is 12.2. The molecule has 0 aliphatic heterocycles. The lowest BCUT2D eigenvalue weighted by Gasteiger charge is -2.08. The largest absolute Gasteiger partial charge is 0.507 e. The predicted octanol–water partition coefficient (Wildman–Crippen LogP) is 3.59. The van der Waals surface area contributed by atoms with Crippen LogP contribution in [0.3, 0.4) is 0 Å². The van der Waals surface area contributed by atoms with E-state index < -0.39 is 12.6 Å². The first-order chi connectivity index (χ1) is 12.1. The molecule has 0 bridgehead atoms. The van der Waals surface area contributed by atoms with Crippen molar-refractivity contribution in [1.29, 1.82) is 0 Å². The summed E-state index contributed by atoms with van der Waals surface area (Å²) in [5.74, 6) is -0.742. The molecule has 0 amide bonds. The first-order valence-corrected chi connectivity index (χ1v) is 7.64. The number of fused-ring (bicyclic) bond motifs is 1. The molecule has 5 nitrogen and oxygen atoms in total. The van der Waals surface area contributed by atoms with Gasteiger partial charge in [0.25, 0.3) is 0 Å². The molecule has 0 spiro atoms. The number of carbonyl (C=O) groups excluding carboxylic acids is 2. The summed E-state index contributed by atoms with van der Waals surface area (Å²) in [5.41, 5.74) is 0.409. The van der Waals surface area contributed by atoms with Crippen LogP contribution in [0.25, 0.3) is 10.8 Å². The van der Waals surface area contributed by atoms with Crippen molar-refractivity contribution in [2.24, 2.45) is 0 Å². The number of hydrogen-bond donors (Lipinski definition) is 1. The molecule has 0 radical (unpaired) electrons. The van der Waals surface area contributed by atoms with Crippen molar-refractivity contribution >= 4 is 22.5 Å². The van der Waals surface area contributed by atoms with E-state index in [2.05, 4.69) is 0 Å². The maximum Gasteiger partial charge on any atom is 0.342 e. The van der Waals surface area contributed by atoms with E-state index in [-0.39, 0.29) is 17.1 Å². The van der Waals surface area contributed by atoms with Crippen molar-refractivity contribution in [3.63, 3.8) is 0 Å². The van der Waals surface area contributed by atoms with Crippen molar-refractivity contribution in [1.82, 2.24) is 0 Å². The second-order valence-corrected chi connectivity index (χ2v) is 5.45. The molecular formula is C20H16O5. The molecule has 0 aromatic heterocycles. The Hall–Kier alpha value is -3.34. The van der Waals surface area contributed by atoms with Crippen LogP contribution in [0.1, 0.15) is 20.7 Å². The Labute approximate surface area is 144 Å². The molecule has 3 aromatic carbocycles. The molecule has 25 heavy (non-hydrogen) atoms. The highest BCUT2D eigenvalue weighted by molar-refractivity contribution is 6.02. The summed E-state index contributed by atoms with van der Waals surface area (Å²) < 4.78 is 10.1. The van der Waals surface area contributed by atoms with Crippen LogP contribution < -0.4 is 4.74 Å². The number of methoxy groups -OCH3 is 1. The number of esters is 1. The number of phenolic OH excluding ortho intramolecular Hbond substituents is 1. The fraction of sp³-hybridized carbons (Fsp3) is 0.100. The summed E-state index contributed by atoms with van der Waals surface area (Å²) in [5, 5.41) is 11.6. The molecule has 3 aromatic rings. The van der Waals surface area contributed by atoms with Gasteiger partial charge in [0.1, 0.15) is 17.1 Å². The summed E-state index contributed by atoms with van der Waals surface area (Å²) in [7, 11) is 1.51. The smallest absolute Gasteiger partial charge is 0.342 e. The molecule has 0 saturated heterocycles. The molecule has 1 N–H and O–H groups in total. The molecule has 0 atom stereocenters. The van der Waals surface area contributed by atoms with E-state index in [1.807, 2.05) is 24.3 Å². The zero-order valence-corrected chi connectivity index (χ0v) is 13.6. The Balaban J connectivity index is 1.74. The van der Waals surface area contributed by atoms with Crippen LogP contribution in [0.2, 0.25) is 0 Å². The fourth-order valence-electron chi connectivity index (χ4n) is 2.48. The highest BCUT2D eigenvalue weighted by atomic mass is 16.5. The standard InChI is InChI=1S/C20H16O5/c1-24-16-8-4-7-15(9-16)19(22)12-25-20(23)17-10-13-5-2-3-6-14(13)11-18(17)21/h2-11,21H,12H2,1H3. The minimum absolute atomic E-state index is 0.0251. The molecule has 0 aliphatic rings. The number of Topliss-reactive ketones (excluding diaryl/α,β-unsaturated/α-hetero) is 1. The van der Waals surface area contributed by atoms with Crippen molar-refractivity contribution < 1.29 is 24.2 Å². The normalized spacial score (nSPS) is 10.4. The first kappa shape index (κ1) is 16.5. The fourth-order valence-corrected chi connectivity index (χ4v) is 2.48. The van der Waals surface area contributed by atoms with Crippen LogP contribution in [-0.2, 0) is 4.74 Å². The third-order valence-corrected chi connectivity index (χ3v) is 3.81. The monoisotopic (exact) mass is 336 g/mol. The van der Waals surface area contributed by atoms with Crippen LogP contribution in [0.5, 0.6) is 11.5 Å². The van der Waals surface area contributed by atoms with Gasteiger partial charge in [0.05, 0.1) is 7.11 Å². The number of carbonyl (C=O) groups is 2. The van der Waals surface area contributed by atoms with Crippen molar-refractivity contribution in [2.75, 3.05) is 13.7 Å². The van der Waals surface area contributed by atoms with Crippen LogP contribution in [-0.4, -0.2) is 30.6 Å². The Bertz CT molecular complexity index is 946. The maximum atomic E-state index is 12.2. The van der Waals surface area contributed by atoms with Gasteiger partial charge in [0.2, 0.25) is 0 Å². The summed E-state index contributed by atoms with van der Waals surface area (Å²) >= 11 is 0. The predicted molar refractivity (Wildman–Crippen MR) is 93.2 cm³/mol. The van der Waals surface area contributed by atoms with E-state index in [0.29, 0.717) is 11.3 Å². The van der Waals surface area contributed by atoms with Gasteiger partial charge in [-0.3, -0.25) is 4.79 Å². The van der Waals surface area contributed by atoms with E-state index in [9.17, 15) is 14.7 Å². The Morgan fingerprint density at radius 1 is 0.960 bits per heavy atom. The Morgan fingerprint density at radius 2 is 1.68 bits per heavy atom. The highest BCUT2D eigenvalue weighted by Gasteiger charge is 2.16. The van der Waals surface area contributed by atoms with Gasteiger partial charge in [-0.2, -0.15) is 0 Å². The number of rotatable bonds is 5. The summed E-state index contributed by atoms with van der Waals surface area (Å²) in [6, 6.07) is 17.0. The van der Waals surface area contributed by atoms with Gasteiger partial charge in [-0.15, -0.1) is 0 Å². The van der Waals surface area contributed by atoms with Crippen molar-refractivity contribution in [2.45, 2.75) is 0 Å². The highest BCUT2D eigenvalue weighted by Crippen LogP contribution is 2.25. The Kier molecular flexibility index (Phi) is 4.66. The molecular weight excluding hydrogens is 320 g/mol. The average Bonchev–Trinajstić information content (AvgIpc) is 2.65. The zero-order chi connectivity index (χ0) is 17.8. The van der Waals surface area contributed by atoms with Crippen LogP contribution >= 0.6 is 0 Å². The van der Waals surface area contributed by atoms with Gasteiger partial charge in [-0.05, 0) is 35.0 Å². The number of aromatic hydroxyl groups is 1. The minimum Gasteiger partial charge on any atom is -0.507 e. The van der Waals surface area contributed by atoms with Gasteiger partial charge < -0.3 is 14.6 Å². The molecule has 0 fully saturated rings. The zero-order valence-electron chi connectivity index (χ0n) is 13.6. The summed E-state index contributed by atoms with van der Waals surface area (Å²) in [4.78, 5) is 24.4. The SMILES string of the molecule is COc1cccc(C(=O)COC(=O)c2cc3ccccc3cc2O)c1. The van der Waals surface area contributed by atoms with E-state index >= 15 is 0 Å². The first-order valence-electron chi connectivity index (χ1n) is 7.64. The van der Waals surface area contributed by atoms with Crippen LogP contribution in [0.4, 0.5) is 0 Å². The van der Waals surface area contributed by atoms with E-state index in [4.69, 9.17) is 9.47 Å². The second kappa shape index (κ2) is 7.05. The van der Waals surface area contributed by atoms with Crippen molar-refractivity contribution in [3.8, 4) is 11.5 Å². The molecule has 0 unspecified atom stereocenters. The number of hydrogen-bond acceptors (Lipinski definition) is 5. The molecule has 5 heteroatoms. The lowest BCUT2D eigenvalue weighted by atomic mass is 10.1. The number of benzene rings is 3. The molecule has 0 saturated carbocycles. The molecule has 126 valence electrons. The van der Waals surface area contributed by atoms with Gasteiger partial charge >= 0.3 is 5.97 Å². The lowest BCUT2D eigenvalue weighted by molar-refractivity contribution is 0.0472. The number of phenols is 1. The minimum atomic E-state index is -0.750. The second-order valence-electron chi connectivity index (χ2n) is 5.45. The molecule has 3 rings (SSSR count). The van der Waals surface area contributed by atoms with Gasteiger partial charge in [-0.25, -0.2) is 4.79 Å². The topological polar surface area (TPSA) is 72.8 Å². The van der Waals surface area contributed by atoms with E-state index in [0.717, 1.165) is 10.8 Å². The van der Waals surface area contributed by atoms with Crippen molar-refractivity contribution in [3.05, 3.63) is 71.8 Å². The van der Waals surface area contributed by atoms with E-state index in [1.54, 1.807) is 30.3 Å². The van der Waals surface area contributed by atoms with Gasteiger partial charge in [0, 0.05) is 5.56 Å². The van der Waals surface area contributed by atoms with Gasteiger partial charge in [-0.1, -0.05) is 36.4 Å². The van der Waals surface area contributed by atoms with Crippen LogP contribution in [0, 0.1) is 0 Å². The summed E-state index contributed by atoms with van der Waals surface area (Å²) in [6.45, 7) is -0.418. The quantitative estimate of drug-likeness (QED) is 0.569. The third-order valence-electron chi connectivity index (χ3n) is 3.81.